The lowest BCUT2D eigenvalue weighted by Crippen LogP contribution is -2.30. The minimum Gasteiger partial charge on any atom is -0.462 e. The van der Waals surface area contributed by atoms with Gasteiger partial charge in [0.15, 0.2) is 6.10 Å². The van der Waals surface area contributed by atoms with Crippen LogP contribution in [0.4, 0.5) is 0 Å². The predicted octanol–water partition coefficient (Wildman–Crippen LogP) is 18.2. The Bertz CT molecular complexity index is 1230. The number of hydrogen-bond acceptors (Lipinski definition) is 6. The van der Waals surface area contributed by atoms with E-state index >= 15 is 0 Å². The summed E-state index contributed by atoms with van der Waals surface area (Å²) in [5.41, 5.74) is 0. The molecule has 0 saturated carbocycles. The van der Waals surface area contributed by atoms with Crippen LogP contribution in [0.5, 0.6) is 0 Å². The van der Waals surface area contributed by atoms with Crippen LogP contribution in [0.3, 0.4) is 0 Å². The van der Waals surface area contributed by atoms with E-state index in [0.29, 0.717) is 19.3 Å². The Morgan fingerprint density at radius 3 is 0.938 bits per heavy atom. The number of rotatable bonds is 49. The van der Waals surface area contributed by atoms with E-state index < -0.39 is 6.10 Å². The molecule has 0 amide bonds. The third-order valence-electron chi connectivity index (χ3n) is 11.7. The molecule has 0 aromatic rings. The highest BCUT2D eigenvalue weighted by atomic mass is 16.6. The summed E-state index contributed by atoms with van der Waals surface area (Å²) in [4.78, 5) is 38.0. The van der Waals surface area contributed by atoms with Crippen LogP contribution in [0.15, 0.2) is 72.9 Å². The lowest BCUT2D eigenvalue weighted by molar-refractivity contribution is -0.166. The summed E-state index contributed by atoms with van der Waals surface area (Å²) in [6.07, 6.45) is 67.5. The van der Waals surface area contributed by atoms with Gasteiger partial charge >= 0.3 is 17.9 Å². The molecule has 0 spiro atoms. The van der Waals surface area contributed by atoms with Gasteiger partial charge in [0.1, 0.15) is 13.2 Å². The Kier molecular flexibility index (Phi) is 50.9. The van der Waals surface area contributed by atoms with Crippen molar-refractivity contribution < 1.29 is 28.6 Å². The van der Waals surface area contributed by atoms with Crippen molar-refractivity contribution in [1.29, 1.82) is 0 Å². The molecule has 0 bridgehead atoms. The number of carbonyl (C=O) groups excluding carboxylic acids is 3. The number of hydrogen-bond donors (Lipinski definition) is 0. The summed E-state index contributed by atoms with van der Waals surface area (Å²) in [5, 5.41) is 0. The molecule has 6 nitrogen and oxygen atoms in total. The third kappa shape index (κ3) is 51.7. The number of unbranched alkanes of at least 4 members (excludes halogenated alkanes) is 26. The SMILES string of the molecule is CC/C=C\C/C=C\C/C=C\C/C=C\C/C=C\C/C=C\CCC(=O)OC[C@H](COC(=O)CCCCCCCCCCCCCCC)OC(=O)CCCCCCCCCCCCCCCCC. The van der Waals surface area contributed by atoms with Gasteiger partial charge < -0.3 is 14.2 Å². The summed E-state index contributed by atoms with van der Waals surface area (Å²) < 4.78 is 16.8. The molecule has 0 saturated heterocycles. The Hall–Kier alpha value is -3.15. The van der Waals surface area contributed by atoms with Gasteiger partial charge in [-0.1, -0.05) is 261 Å². The van der Waals surface area contributed by atoms with Gasteiger partial charge in [0, 0.05) is 19.3 Å². The standard InChI is InChI=1S/C59H102O6/c1-4-7-10-13-16-19-22-25-27-28-29-30-32-34-37-40-43-46-49-52-58(61)64-55-56(54-63-57(60)51-48-45-42-39-36-33-24-21-18-15-12-9-6-3)65-59(62)53-50-47-44-41-38-35-31-26-23-20-17-14-11-8-5-2/h7,10,16,19,25,27,29-30,34,37,43,46,56H,4-6,8-9,11-15,17-18,20-24,26,28,31-33,35-36,38-42,44-45,47-55H2,1-3H3/b10-7-,19-16-,27-25-,30-29-,37-34-,46-43-/t56-/m0/s1. The maximum Gasteiger partial charge on any atom is 0.306 e. The number of carbonyl (C=O) groups is 3. The highest BCUT2D eigenvalue weighted by Gasteiger charge is 2.19. The largest absolute Gasteiger partial charge is 0.462 e. The average Bonchev–Trinajstić information content (AvgIpc) is 3.30. The second-order valence-electron chi connectivity index (χ2n) is 18.1. The molecule has 0 aliphatic heterocycles. The van der Waals surface area contributed by atoms with Crippen molar-refractivity contribution in [2.24, 2.45) is 0 Å². The fourth-order valence-electron chi connectivity index (χ4n) is 7.65. The quantitative estimate of drug-likeness (QED) is 0.0262. The van der Waals surface area contributed by atoms with Crippen LogP contribution >= 0.6 is 0 Å². The highest BCUT2D eigenvalue weighted by molar-refractivity contribution is 5.71. The molecule has 0 fully saturated rings. The predicted molar refractivity (Wildman–Crippen MR) is 279 cm³/mol. The molecule has 0 rings (SSSR count). The van der Waals surface area contributed by atoms with Gasteiger partial charge in [0.2, 0.25) is 0 Å². The summed E-state index contributed by atoms with van der Waals surface area (Å²) in [7, 11) is 0. The van der Waals surface area contributed by atoms with Gasteiger partial charge in [-0.05, 0) is 57.8 Å². The number of allylic oxidation sites excluding steroid dienone is 12. The zero-order chi connectivity index (χ0) is 47.2. The number of ether oxygens (including phenoxy) is 3. The second-order valence-corrected chi connectivity index (χ2v) is 18.1. The lowest BCUT2D eigenvalue weighted by atomic mass is 10.0. The van der Waals surface area contributed by atoms with Crippen LogP contribution in [0, 0.1) is 0 Å². The van der Waals surface area contributed by atoms with Crippen molar-refractivity contribution in [2.45, 2.75) is 271 Å². The first kappa shape index (κ1) is 61.9. The zero-order valence-electron chi connectivity index (χ0n) is 42.7. The van der Waals surface area contributed by atoms with Crippen molar-refractivity contribution in [3.63, 3.8) is 0 Å². The molecule has 6 heteroatoms. The Labute approximate surface area is 402 Å². The Morgan fingerprint density at radius 1 is 0.323 bits per heavy atom. The maximum absolute atomic E-state index is 12.8. The Morgan fingerprint density at radius 2 is 0.600 bits per heavy atom. The normalized spacial score (nSPS) is 12.6. The minimum absolute atomic E-state index is 0.0949. The molecule has 0 heterocycles. The van der Waals surface area contributed by atoms with Gasteiger partial charge in [-0.25, -0.2) is 0 Å². The van der Waals surface area contributed by atoms with Crippen molar-refractivity contribution in [3.05, 3.63) is 72.9 Å². The van der Waals surface area contributed by atoms with Crippen LogP contribution in [-0.2, 0) is 28.6 Å². The lowest BCUT2D eigenvalue weighted by Gasteiger charge is -2.18. The summed E-state index contributed by atoms with van der Waals surface area (Å²) >= 11 is 0. The van der Waals surface area contributed by atoms with Gasteiger partial charge in [-0.15, -0.1) is 0 Å². The van der Waals surface area contributed by atoms with Crippen molar-refractivity contribution in [3.8, 4) is 0 Å². The first-order valence-electron chi connectivity index (χ1n) is 27.4. The van der Waals surface area contributed by atoms with Gasteiger partial charge in [-0.2, -0.15) is 0 Å². The molecule has 0 aromatic carbocycles. The van der Waals surface area contributed by atoms with E-state index in [9.17, 15) is 14.4 Å². The molecular formula is C59H102O6. The second kappa shape index (κ2) is 53.5. The molecule has 0 radical (unpaired) electrons. The maximum atomic E-state index is 12.8. The van der Waals surface area contributed by atoms with E-state index in [1.807, 2.05) is 6.08 Å². The van der Waals surface area contributed by atoms with E-state index in [0.717, 1.165) is 77.0 Å². The summed E-state index contributed by atoms with van der Waals surface area (Å²) in [5.74, 6) is -0.974. The van der Waals surface area contributed by atoms with E-state index in [-0.39, 0.29) is 37.5 Å². The summed E-state index contributed by atoms with van der Waals surface area (Å²) in [6, 6.07) is 0. The van der Waals surface area contributed by atoms with Crippen LogP contribution in [0.2, 0.25) is 0 Å². The van der Waals surface area contributed by atoms with Gasteiger partial charge in [0.25, 0.3) is 0 Å². The fraction of sp³-hybridized carbons (Fsp3) is 0.746. The topological polar surface area (TPSA) is 78.9 Å². The van der Waals surface area contributed by atoms with E-state index in [1.54, 1.807) is 0 Å². The molecule has 0 N–H and O–H groups in total. The summed E-state index contributed by atoms with van der Waals surface area (Å²) in [6.45, 7) is 6.48. The van der Waals surface area contributed by atoms with E-state index in [2.05, 4.69) is 87.6 Å². The van der Waals surface area contributed by atoms with Crippen LogP contribution in [0.25, 0.3) is 0 Å². The monoisotopic (exact) mass is 907 g/mol. The first-order chi connectivity index (χ1) is 32.0. The molecule has 374 valence electrons. The zero-order valence-corrected chi connectivity index (χ0v) is 42.7. The van der Waals surface area contributed by atoms with Crippen LogP contribution in [-0.4, -0.2) is 37.2 Å². The minimum atomic E-state index is -0.802. The van der Waals surface area contributed by atoms with Crippen molar-refractivity contribution in [2.75, 3.05) is 13.2 Å². The fourth-order valence-corrected chi connectivity index (χ4v) is 7.65. The third-order valence-corrected chi connectivity index (χ3v) is 11.7. The molecule has 1 atom stereocenters. The first-order valence-corrected chi connectivity index (χ1v) is 27.4. The molecule has 0 aliphatic carbocycles. The highest BCUT2D eigenvalue weighted by Crippen LogP contribution is 2.16. The van der Waals surface area contributed by atoms with Crippen LogP contribution < -0.4 is 0 Å². The molecule has 0 unspecified atom stereocenters. The molecule has 65 heavy (non-hydrogen) atoms. The Balaban J connectivity index is 4.47. The van der Waals surface area contributed by atoms with E-state index in [4.69, 9.17) is 14.2 Å². The number of esters is 3. The van der Waals surface area contributed by atoms with Gasteiger partial charge in [-0.3, -0.25) is 14.4 Å². The van der Waals surface area contributed by atoms with Gasteiger partial charge in [0.05, 0.1) is 0 Å². The molecule has 0 aromatic heterocycles. The molecule has 0 aliphatic rings. The van der Waals surface area contributed by atoms with Crippen molar-refractivity contribution >= 4 is 17.9 Å². The smallest absolute Gasteiger partial charge is 0.306 e. The van der Waals surface area contributed by atoms with Crippen molar-refractivity contribution in [1.82, 2.24) is 0 Å². The molecular weight excluding hydrogens is 805 g/mol. The average molecular weight is 907 g/mol. The van der Waals surface area contributed by atoms with Crippen LogP contribution in [0.1, 0.15) is 265 Å². The van der Waals surface area contributed by atoms with E-state index in [1.165, 1.54) is 141 Å².